The average Bonchev–Trinajstić information content (AvgIpc) is 2.47. The minimum Gasteiger partial charge on any atom is -0.494 e. The van der Waals surface area contributed by atoms with Crippen molar-refractivity contribution in [3.8, 4) is 5.75 Å². The summed E-state index contributed by atoms with van der Waals surface area (Å²) in [5, 5.41) is 2.81. The zero-order valence-corrected chi connectivity index (χ0v) is 11.9. The van der Waals surface area contributed by atoms with Crippen LogP contribution in [0.3, 0.4) is 0 Å². The van der Waals surface area contributed by atoms with Gasteiger partial charge in [-0.3, -0.25) is 4.79 Å². The fourth-order valence-corrected chi connectivity index (χ4v) is 1.96. The van der Waals surface area contributed by atoms with Crippen LogP contribution in [-0.4, -0.2) is 13.0 Å². The molecule has 2 rings (SSSR count). The number of ether oxygens (including phenoxy) is 1. The zero-order chi connectivity index (χ0) is 15.4. The van der Waals surface area contributed by atoms with Gasteiger partial charge in [-0.15, -0.1) is 0 Å². The number of carbonyl (C=O) groups excluding carboxylic acids is 1. The van der Waals surface area contributed by atoms with E-state index in [1.165, 1.54) is 19.2 Å². The maximum Gasteiger partial charge on any atom is 0.251 e. The molecule has 0 aromatic heterocycles. The van der Waals surface area contributed by atoms with Crippen LogP contribution in [0.15, 0.2) is 42.5 Å². The van der Waals surface area contributed by atoms with Crippen LogP contribution >= 0.6 is 0 Å². The second-order valence-electron chi connectivity index (χ2n) is 4.71. The Bertz CT molecular complexity index is 641. The fraction of sp³-hybridized carbons (Fsp3) is 0.188. The van der Waals surface area contributed by atoms with Gasteiger partial charge in [0.2, 0.25) is 0 Å². The van der Waals surface area contributed by atoms with E-state index in [1.54, 1.807) is 12.1 Å². The highest BCUT2D eigenvalue weighted by molar-refractivity contribution is 5.94. The van der Waals surface area contributed by atoms with Gasteiger partial charge in [0, 0.05) is 11.3 Å². The molecular weight excluding hydrogens is 271 g/mol. The number of anilines is 1. The van der Waals surface area contributed by atoms with Crippen molar-refractivity contribution in [2.45, 2.75) is 13.0 Å². The lowest BCUT2D eigenvalue weighted by Gasteiger charge is -2.15. The summed E-state index contributed by atoms with van der Waals surface area (Å²) in [5.41, 5.74) is 7.45. The van der Waals surface area contributed by atoms with Crippen LogP contribution in [0.4, 0.5) is 10.1 Å². The molecule has 5 heteroatoms. The molecule has 2 aromatic carbocycles. The Hall–Kier alpha value is -2.56. The highest BCUT2D eigenvalue weighted by Crippen LogP contribution is 2.19. The molecule has 0 aliphatic heterocycles. The van der Waals surface area contributed by atoms with Crippen LogP contribution in [0.25, 0.3) is 0 Å². The zero-order valence-electron chi connectivity index (χ0n) is 11.9. The third kappa shape index (κ3) is 3.51. The number of nitrogen functional groups attached to an aromatic ring is 1. The summed E-state index contributed by atoms with van der Waals surface area (Å²) < 4.78 is 18.4. The Morgan fingerprint density at radius 3 is 2.48 bits per heavy atom. The average molecular weight is 288 g/mol. The van der Waals surface area contributed by atoms with Gasteiger partial charge in [-0.05, 0) is 42.8 Å². The molecule has 0 aliphatic carbocycles. The lowest BCUT2D eigenvalue weighted by Crippen LogP contribution is -2.26. The lowest BCUT2D eigenvalue weighted by atomic mass is 10.1. The van der Waals surface area contributed by atoms with E-state index in [0.29, 0.717) is 5.69 Å². The summed E-state index contributed by atoms with van der Waals surface area (Å²) in [7, 11) is 1.38. The first-order valence-corrected chi connectivity index (χ1v) is 6.51. The number of amides is 1. The minimum atomic E-state index is -0.565. The molecule has 0 saturated heterocycles. The van der Waals surface area contributed by atoms with Crippen LogP contribution in [0.1, 0.15) is 28.9 Å². The van der Waals surface area contributed by atoms with E-state index >= 15 is 0 Å². The van der Waals surface area contributed by atoms with E-state index in [2.05, 4.69) is 5.32 Å². The van der Waals surface area contributed by atoms with Crippen LogP contribution in [0.2, 0.25) is 0 Å². The number of hydrogen-bond donors (Lipinski definition) is 2. The van der Waals surface area contributed by atoms with Gasteiger partial charge in [-0.25, -0.2) is 4.39 Å². The maximum atomic E-state index is 13.6. The Balaban J connectivity index is 2.10. The summed E-state index contributed by atoms with van der Waals surface area (Å²) in [5.74, 6) is -0.802. The van der Waals surface area contributed by atoms with Crippen molar-refractivity contribution in [3.05, 3.63) is 59.4 Å². The van der Waals surface area contributed by atoms with Crippen molar-refractivity contribution in [3.63, 3.8) is 0 Å². The van der Waals surface area contributed by atoms with Crippen molar-refractivity contribution in [1.29, 1.82) is 0 Å². The first kappa shape index (κ1) is 14.8. The van der Waals surface area contributed by atoms with Gasteiger partial charge in [0.05, 0.1) is 13.2 Å². The van der Waals surface area contributed by atoms with Crippen LogP contribution < -0.4 is 15.8 Å². The number of carbonyl (C=O) groups is 1. The Kier molecular flexibility index (Phi) is 4.42. The number of nitrogens with two attached hydrogens (primary N) is 1. The second kappa shape index (κ2) is 6.26. The van der Waals surface area contributed by atoms with E-state index in [-0.39, 0.29) is 23.3 Å². The summed E-state index contributed by atoms with van der Waals surface area (Å²) in [6.07, 6.45) is 0. The molecular formula is C16H17FN2O2. The van der Waals surface area contributed by atoms with E-state index in [1.807, 2.05) is 19.1 Å². The number of hydrogen-bond acceptors (Lipinski definition) is 3. The van der Waals surface area contributed by atoms with Gasteiger partial charge in [-0.2, -0.15) is 0 Å². The number of benzene rings is 2. The highest BCUT2D eigenvalue weighted by atomic mass is 19.1. The third-order valence-corrected chi connectivity index (χ3v) is 3.20. The largest absolute Gasteiger partial charge is 0.494 e. The van der Waals surface area contributed by atoms with Gasteiger partial charge in [0.1, 0.15) is 0 Å². The number of methoxy groups -OCH3 is 1. The molecule has 1 atom stereocenters. The number of nitrogens with one attached hydrogen (secondary N) is 1. The standard InChI is InChI=1S/C16H17FN2O2/c1-10(11-3-6-13(18)7-4-11)19-16(20)12-5-8-15(21-2)14(17)9-12/h3-10H,18H2,1-2H3,(H,19,20). The number of rotatable bonds is 4. The van der Waals surface area contributed by atoms with Gasteiger partial charge < -0.3 is 15.8 Å². The monoisotopic (exact) mass is 288 g/mol. The fourth-order valence-electron chi connectivity index (χ4n) is 1.96. The lowest BCUT2D eigenvalue weighted by molar-refractivity contribution is 0.0939. The summed E-state index contributed by atoms with van der Waals surface area (Å²) in [6, 6.07) is 11.1. The van der Waals surface area contributed by atoms with E-state index < -0.39 is 5.82 Å². The molecule has 0 fully saturated rings. The Morgan fingerprint density at radius 2 is 1.90 bits per heavy atom. The van der Waals surface area contributed by atoms with E-state index in [0.717, 1.165) is 11.6 Å². The topological polar surface area (TPSA) is 64.3 Å². The molecule has 2 aromatic rings. The van der Waals surface area contributed by atoms with Crippen LogP contribution in [0.5, 0.6) is 5.75 Å². The Morgan fingerprint density at radius 1 is 1.24 bits per heavy atom. The summed E-state index contributed by atoms with van der Waals surface area (Å²) in [4.78, 5) is 12.1. The SMILES string of the molecule is COc1ccc(C(=O)NC(C)c2ccc(N)cc2)cc1F. The molecule has 1 amide bonds. The summed E-state index contributed by atoms with van der Waals surface area (Å²) in [6.45, 7) is 1.85. The second-order valence-corrected chi connectivity index (χ2v) is 4.71. The molecule has 0 saturated carbocycles. The quantitative estimate of drug-likeness (QED) is 0.850. The first-order valence-electron chi connectivity index (χ1n) is 6.51. The van der Waals surface area contributed by atoms with Crippen molar-refractivity contribution in [2.24, 2.45) is 0 Å². The van der Waals surface area contributed by atoms with E-state index in [9.17, 15) is 9.18 Å². The van der Waals surface area contributed by atoms with Crippen molar-refractivity contribution in [2.75, 3.05) is 12.8 Å². The van der Waals surface area contributed by atoms with Crippen LogP contribution in [-0.2, 0) is 0 Å². The van der Waals surface area contributed by atoms with Crippen molar-refractivity contribution < 1.29 is 13.9 Å². The third-order valence-electron chi connectivity index (χ3n) is 3.20. The van der Waals surface area contributed by atoms with Gasteiger partial charge in [0.15, 0.2) is 11.6 Å². The minimum absolute atomic E-state index is 0.109. The highest BCUT2D eigenvalue weighted by Gasteiger charge is 2.13. The molecule has 1 unspecified atom stereocenters. The van der Waals surface area contributed by atoms with Gasteiger partial charge in [0.25, 0.3) is 5.91 Å². The Labute approximate surface area is 122 Å². The summed E-state index contributed by atoms with van der Waals surface area (Å²) >= 11 is 0. The van der Waals surface area contributed by atoms with Crippen molar-refractivity contribution >= 4 is 11.6 Å². The molecule has 0 aliphatic rings. The predicted molar refractivity (Wildman–Crippen MR) is 79.7 cm³/mol. The molecule has 21 heavy (non-hydrogen) atoms. The normalized spacial score (nSPS) is 11.8. The maximum absolute atomic E-state index is 13.6. The predicted octanol–water partition coefficient (Wildman–Crippen LogP) is 2.91. The smallest absolute Gasteiger partial charge is 0.251 e. The molecule has 4 nitrogen and oxygen atoms in total. The molecule has 0 heterocycles. The van der Waals surface area contributed by atoms with Gasteiger partial charge >= 0.3 is 0 Å². The molecule has 3 N–H and O–H groups in total. The van der Waals surface area contributed by atoms with Crippen LogP contribution in [0, 0.1) is 5.82 Å². The molecule has 110 valence electrons. The molecule has 0 spiro atoms. The number of halogens is 1. The molecule has 0 bridgehead atoms. The first-order chi connectivity index (χ1) is 10.0. The van der Waals surface area contributed by atoms with Gasteiger partial charge in [-0.1, -0.05) is 12.1 Å². The van der Waals surface area contributed by atoms with Crippen molar-refractivity contribution in [1.82, 2.24) is 5.32 Å². The molecule has 0 radical (unpaired) electrons. The van der Waals surface area contributed by atoms with E-state index in [4.69, 9.17) is 10.5 Å².